The van der Waals surface area contributed by atoms with Crippen molar-refractivity contribution in [3.05, 3.63) is 52.1 Å². The van der Waals surface area contributed by atoms with E-state index in [2.05, 4.69) is 69.0 Å². The topological polar surface area (TPSA) is 18.8 Å². The first kappa shape index (κ1) is 19.1. The highest BCUT2D eigenvalue weighted by Gasteiger charge is 2.32. The zero-order chi connectivity index (χ0) is 18.8. The zero-order valence-electron chi connectivity index (χ0n) is 17.0. The molecule has 2 aliphatic heterocycles. The predicted molar refractivity (Wildman–Crippen MR) is 115 cm³/mol. The lowest BCUT2D eigenvalue weighted by Gasteiger charge is -2.34. The Morgan fingerprint density at radius 2 is 1.81 bits per heavy atom. The summed E-state index contributed by atoms with van der Waals surface area (Å²) >= 11 is 1.88. The number of aliphatic imine (C=N–C) groups is 1. The average Bonchev–Trinajstić information content (AvgIpc) is 2.98. The summed E-state index contributed by atoms with van der Waals surface area (Å²) < 4.78 is 2.36. The molecule has 0 atom stereocenters. The van der Waals surface area contributed by atoms with E-state index < -0.39 is 0 Å². The maximum absolute atomic E-state index is 4.95. The highest BCUT2D eigenvalue weighted by molar-refractivity contribution is 7.98. The van der Waals surface area contributed by atoms with Gasteiger partial charge in [0.1, 0.15) is 11.6 Å². The van der Waals surface area contributed by atoms with E-state index in [1.807, 2.05) is 11.9 Å². The molecule has 4 heteroatoms. The van der Waals surface area contributed by atoms with Crippen molar-refractivity contribution in [3.63, 3.8) is 0 Å². The minimum atomic E-state index is 0.986. The summed E-state index contributed by atoms with van der Waals surface area (Å²) in [5, 5.41) is 0. The molecule has 3 nitrogen and oxygen atoms in total. The number of rotatable bonds is 6. The maximum atomic E-state index is 4.95. The molecule has 2 heterocycles. The van der Waals surface area contributed by atoms with Crippen LogP contribution in [0.2, 0.25) is 0 Å². The monoisotopic (exact) mass is 369 g/mol. The predicted octanol–water partition coefficient (Wildman–Crippen LogP) is 5.68. The van der Waals surface area contributed by atoms with E-state index in [0.29, 0.717) is 0 Å². The summed E-state index contributed by atoms with van der Waals surface area (Å²) in [4.78, 5) is 7.44. The summed E-state index contributed by atoms with van der Waals surface area (Å²) in [6.45, 7) is 15.4. The Labute approximate surface area is 163 Å². The molecule has 2 aliphatic rings. The van der Waals surface area contributed by atoms with Crippen LogP contribution in [0.15, 0.2) is 34.8 Å². The molecule has 0 aliphatic carbocycles. The van der Waals surface area contributed by atoms with Gasteiger partial charge in [0.15, 0.2) is 0 Å². The number of allylic oxidation sites excluding steroid dienone is 1. The molecule has 0 unspecified atom stereocenters. The van der Waals surface area contributed by atoms with Gasteiger partial charge in [-0.25, -0.2) is 4.99 Å². The van der Waals surface area contributed by atoms with Crippen molar-refractivity contribution in [2.24, 2.45) is 4.99 Å². The van der Waals surface area contributed by atoms with Crippen LogP contribution in [0.5, 0.6) is 0 Å². The number of nitrogens with zero attached hydrogens (tertiary/aromatic N) is 3. The van der Waals surface area contributed by atoms with Gasteiger partial charge >= 0.3 is 0 Å². The Morgan fingerprint density at radius 3 is 2.42 bits per heavy atom. The van der Waals surface area contributed by atoms with Crippen molar-refractivity contribution in [1.29, 1.82) is 0 Å². The average molecular weight is 370 g/mol. The molecule has 0 N–H and O–H groups in total. The minimum Gasteiger partial charge on any atom is -0.357 e. The van der Waals surface area contributed by atoms with Crippen LogP contribution in [-0.2, 0) is 0 Å². The highest BCUT2D eigenvalue weighted by atomic mass is 32.2. The second-order valence-electron chi connectivity index (χ2n) is 7.33. The van der Waals surface area contributed by atoms with Gasteiger partial charge < -0.3 is 4.90 Å². The molecule has 0 saturated heterocycles. The van der Waals surface area contributed by atoms with Crippen LogP contribution in [0.3, 0.4) is 0 Å². The number of fused-ring (bicyclic) bond motifs is 1. The first-order valence-electron chi connectivity index (χ1n) is 9.72. The molecule has 0 saturated carbocycles. The van der Waals surface area contributed by atoms with E-state index in [9.17, 15) is 0 Å². The molecule has 1 aromatic carbocycles. The van der Waals surface area contributed by atoms with E-state index in [0.717, 1.165) is 30.4 Å². The second kappa shape index (κ2) is 7.91. The van der Waals surface area contributed by atoms with Crippen molar-refractivity contribution < 1.29 is 0 Å². The Bertz CT molecular complexity index is 766. The highest BCUT2D eigenvalue weighted by Crippen LogP contribution is 2.44. The van der Waals surface area contributed by atoms with Crippen LogP contribution in [0.25, 0.3) is 5.57 Å². The third-order valence-corrected chi connectivity index (χ3v) is 6.13. The SMILES string of the molecule is CCCCN(CC)C1=CC(C)=NC2=C(c3c(C)cc(C)cc3C)CSN12. The van der Waals surface area contributed by atoms with E-state index in [-0.39, 0.29) is 0 Å². The van der Waals surface area contributed by atoms with Gasteiger partial charge in [-0.1, -0.05) is 31.0 Å². The van der Waals surface area contributed by atoms with Crippen LogP contribution >= 0.6 is 11.9 Å². The van der Waals surface area contributed by atoms with Gasteiger partial charge in [-0.2, -0.15) is 0 Å². The van der Waals surface area contributed by atoms with E-state index in [4.69, 9.17) is 4.99 Å². The largest absolute Gasteiger partial charge is 0.357 e. The maximum Gasteiger partial charge on any atom is 0.149 e. The zero-order valence-corrected chi connectivity index (χ0v) is 17.8. The summed E-state index contributed by atoms with van der Waals surface area (Å²) in [5.41, 5.74) is 7.90. The molecule has 0 amide bonds. The molecule has 0 aromatic heterocycles. The molecule has 0 fully saturated rings. The van der Waals surface area contributed by atoms with Crippen molar-refractivity contribution in [3.8, 4) is 0 Å². The third kappa shape index (κ3) is 3.57. The summed E-state index contributed by atoms with van der Waals surface area (Å²) in [6.07, 6.45) is 4.69. The summed E-state index contributed by atoms with van der Waals surface area (Å²) in [6, 6.07) is 4.58. The van der Waals surface area contributed by atoms with Gasteiger partial charge in [-0.05, 0) is 69.7 Å². The lowest BCUT2D eigenvalue weighted by atomic mass is 9.94. The molecular weight excluding hydrogens is 338 g/mol. The molecule has 0 bridgehead atoms. The molecule has 0 radical (unpaired) electrons. The van der Waals surface area contributed by atoms with Crippen LogP contribution < -0.4 is 0 Å². The standard InChI is InChI=1S/C22H31N3S/c1-7-9-10-24(8-2)20-13-18(6)23-22-19(14-26-25(20)22)21-16(4)11-15(3)12-17(21)5/h11-13H,7-10,14H2,1-6H3. The van der Waals surface area contributed by atoms with E-state index in [1.54, 1.807) is 0 Å². The van der Waals surface area contributed by atoms with Gasteiger partial charge in [-0.15, -0.1) is 0 Å². The van der Waals surface area contributed by atoms with E-state index >= 15 is 0 Å². The number of unbranched alkanes of at least 4 members (excludes halogenated alkanes) is 1. The first-order valence-corrected chi connectivity index (χ1v) is 10.7. The quantitative estimate of drug-likeness (QED) is 0.601. The van der Waals surface area contributed by atoms with Crippen molar-refractivity contribution in [2.45, 2.75) is 54.4 Å². The van der Waals surface area contributed by atoms with Gasteiger partial charge in [0.05, 0.1) is 0 Å². The number of hydrogen-bond acceptors (Lipinski definition) is 4. The van der Waals surface area contributed by atoms with Crippen LogP contribution in [0, 0.1) is 20.8 Å². The van der Waals surface area contributed by atoms with Crippen LogP contribution in [0.4, 0.5) is 0 Å². The fourth-order valence-corrected chi connectivity index (χ4v) is 5.06. The summed E-state index contributed by atoms with van der Waals surface area (Å²) in [5.74, 6) is 3.42. The number of benzene rings is 1. The van der Waals surface area contributed by atoms with Crippen molar-refractivity contribution >= 4 is 23.2 Å². The molecule has 0 spiro atoms. The van der Waals surface area contributed by atoms with Gasteiger partial charge in [0.2, 0.25) is 0 Å². The minimum absolute atomic E-state index is 0.986. The van der Waals surface area contributed by atoms with E-state index in [1.165, 1.54) is 46.5 Å². The van der Waals surface area contributed by atoms with Gasteiger partial charge in [0.25, 0.3) is 0 Å². The summed E-state index contributed by atoms with van der Waals surface area (Å²) in [7, 11) is 0. The Kier molecular flexibility index (Phi) is 5.81. The molecule has 26 heavy (non-hydrogen) atoms. The fourth-order valence-electron chi connectivity index (χ4n) is 3.95. The molecule has 1 aromatic rings. The normalized spacial score (nSPS) is 16.6. The number of hydrogen-bond donors (Lipinski definition) is 0. The van der Waals surface area contributed by atoms with Crippen LogP contribution in [-0.4, -0.2) is 33.8 Å². The second-order valence-corrected chi connectivity index (χ2v) is 8.24. The fraction of sp³-hybridized carbons (Fsp3) is 0.500. The molecule has 140 valence electrons. The molecule has 3 rings (SSSR count). The third-order valence-electron chi connectivity index (χ3n) is 5.09. The van der Waals surface area contributed by atoms with Gasteiger partial charge in [-0.3, -0.25) is 4.31 Å². The van der Waals surface area contributed by atoms with Crippen molar-refractivity contribution in [1.82, 2.24) is 9.21 Å². The smallest absolute Gasteiger partial charge is 0.149 e. The Hall–Kier alpha value is -1.68. The molecular formula is C22H31N3S. The van der Waals surface area contributed by atoms with Crippen molar-refractivity contribution in [2.75, 3.05) is 18.8 Å². The first-order chi connectivity index (χ1) is 12.5. The Balaban J connectivity index is 2.04. The lowest BCUT2D eigenvalue weighted by Crippen LogP contribution is -2.33. The van der Waals surface area contributed by atoms with Gasteiger partial charge in [0, 0.05) is 36.2 Å². The number of aryl methyl sites for hydroxylation is 3. The van der Waals surface area contributed by atoms with Crippen LogP contribution in [0.1, 0.15) is 55.9 Å². The lowest BCUT2D eigenvalue weighted by molar-refractivity contribution is 0.303. The Morgan fingerprint density at radius 1 is 1.12 bits per heavy atom.